The Balaban J connectivity index is 1.03. The number of H-pyrrole nitrogens is 2. The van der Waals surface area contributed by atoms with Gasteiger partial charge in [-0.25, -0.2) is 14.8 Å². The Labute approximate surface area is 317 Å². The molecule has 2 fully saturated rings. The Morgan fingerprint density at radius 1 is 0.852 bits per heavy atom. The third-order valence-corrected chi connectivity index (χ3v) is 12.0. The molecule has 8 rings (SSSR count). The van der Waals surface area contributed by atoms with Gasteiger partial charge < -0.3 is 29.8 Å². The summed E-state index contributed by atoms with van der Waals surface area (Å²) in [6.07, 6.45) is 10.6. The van der Waals surface area contributed by atoms with Crippen LogP contribution in [0.3, 0.4) is 0 Å². The largest absolute Gasteiger partial charge is 0.453 e. The number of ether oxygens (including phenoxy) is 1. The molecule has 2 saturated heterocycles. The smallest absolute Gasteiger partial charge is 0.407 e. The second-order valence-electron chi connectivity index (χ2n) is 16.4. The summed E-state index contributed by atoms with van der Waals surface area (Å²) in [6, 6.07) is 10.6. The molecule has 11 heteroatoms. The molecule has 0 bridgehead atoms. The van der Waals surface area contributed by atoms with Crippen molar-refractivity contribution >= 4 is 17.9 Å². The summed E-state index contributed by atoms with van der Waals surface area (Å²) in [4.78, 5) is 59.9. The van der Waals surface area contributed by atoms with Crippen molar-refractivity contribution in [3.63, 3.8) is 0 Å². The number of amides is 3. The highest BCUT2D eigenvalue weighted by Gasteiger charge is 2.38. The summed E-state index contributed by atoms with van der Waals surface area (Å²) in [5.41, 5.74) is 12.2. The second kappa shape index (κ2) is 14.7. The molecular formula is C43H53N7O4. The van der Waals surface area contributed by atoms with Crippen molar-refractivity contribution < 1.29 is 19.1 Å². The number of methoxy groups -OCH3 is 1. The predicted octanol–water partition coefficient (Wildman–Crippen LogP) is 7.47. The molecule has 0 saturated carbocycles. The van der Waals surface area contributed by atoms with Crippen LogP contribution in [0.4, 0.5) is 4.79 Å². The minimum atomic E-state index is -0.667. The van der Waals surface area contributed by atoms with E-state index in [4.69, 9.17) is 14.7 Å². The van der Waals surface area contributed by atoms with Gasteiger partial charge in [0.15, 0.2) is 0 Å². The zero-order valence-corrected chi connectivity index (χ0v) is 32.3. The fourth-order valence-corrected chi connectivity index (χ4v) is 9.33. The SMILES string of the molecule is COC(=O)NC(C(=O)N1CCCC1c1ncc(-c2ccc(-c3ccc4c(c3)CCc3[nH]c([C@@H]5CCCN5C(=O)CC(C)C)nc3-4)c3c2CCC3)[nH]1)C(C)C. The van der Waals surface area contributed by atoms with E-state index in [1.807, 2.05) is 29.8 Å². The van der Waals surface area contributed by atoms with E-state index in [0.29, 0.717) is 18.9 Å². The summed E-state index contributed by atoms with van der Waals surface area (Å²) < 4.78 is 4.80. The topological polar surface area (TPSA) is 136 Å². The summed E-state index contributed by atoms with van der Waals surface area (Å²) in [5.74, 6) is 2.10. The monoisotopic (exact) mass is 731 g/mol. The van der Waals surface area contributed by atoms with Crippen LogP contribution < -0.4 is 5.32 Å². The van der Waals surface area contributed by atoms with Crippen molar-refractivity contribution in [2.75, 3.05) is 20.2 Å². The molecule has 3 amide bonds. The first kappa shape index (κ1) is 36.1. The van der Waals surface area contributed by atoms with Gasteiger partial charge in [0, 0.05) is 36.3 Å². The van der Waals surface area contributed by atoms with Crippen molar-refractivity contribution in [2.45, 2.75) is 110 Å². The Kier molecular flexibility index (Phi) is 9.83. The molecular weight excluding hydrogens is 679 g/mol. The number of carbonyl (C=O) groups excluding carboxylic acids is 3. The first-order valence-electron chi connectivity index (χ1n) is 20.0. The van der Waals surface area contributed by atoms with Crippen LogP contribution in [0.15, 0.2) is 36.5 Å². The molecule has 0 spiro atoms. The zero-order valence-electron chi connectivity index (χ0n) is 32.3. The van der Waals surface area contributed by atoms with Gasteiger partial charge in [0.05, 0.1) is 36.8 Å². The van der Waals surface area contributed by atoms with Gasteiger partial charge in [0.1, 0.15) is 17.7 Å². The molecule has 0 radical (unpaired) electrons. The van der Waals surface area contributed by atoms with Crippen LogP contribution >= 0.6 is 0 Å². The van der Waals surface area contributed by atoms with Crippen LogP contribution in [-0.4, -0.2) is 73.9 Å². The number of nitrogens with zero attached hydrogens (tertiary/aromatic N) is 4. The van der Waals surface area contributed by atoms with Crippen molar-refractivity contribution in [2.24, 2.45) is 11.8 Å². The number of aryl methyl sites for hydroxylation is 2. The first-order valence-corrected chi connectivity index (χ1v) is 20.0. The Hall–Kier alpha value is -4.93. The van der Waals surface area contributed by atoms with Crippen LogP contribution in [0.25, 0.3) is 33.6 Å². The molecule has 4 heterocycles. The number of rotatable bonds is 9. The summed E-state index contributed by atoms with van der Waals surface area (Å²) in [7, 11) is 1.31. The van der Waals surface area contributed by atoms with Crippen LogP contribution in [0.1, 0.15) is 112 Å². The van der Waals surface area contributed by atoms with Crippen molar-refractivity contribution in [3.8, 4) is 33.6 Å². The molecule has 3 atom stereocenters. The van der Waals surface area contributed by atoms with E-state index in [1.54, 1.807) is 0 Å². The van der Waals surface area contributed by atoms with E-state index in [0.717, 1.165) is 87.4 Å². The fourth-order valence-electron chi connectivity index (χ4n) is 9.33. The maximum Gasteiger partial charge on any atom is 0.407 e. The molecule has 54 heavy (non-hydrogen) atoms. The van der Waals surface area contributed by atoms with Gasteiger partial charge >= 0.3 is 6.09 Å². The first-order chi connectivity index (χ1) is 26.1. The molecule has 4 aliphatic rings. The predicted molar refractivity (Wildman–Crippen MR) is 207 cm³/mol. The molecule has 2 aromatic heterocycles. The van der Waals surface area contributed by atoms with E-state index in [9.17, 15) is 14.4 Å². The number of benzene rings is 2. The van der Waals surface area contributed by atoms with Gasteiger partial charge in [0.25, 0.3) is 0 Å². The third-order valence-electron chi connectivity index (χ3n) is 12.0. The molecule has 2 unspecified atom stereocenters. The molecule has 3 N–H and O–H groups in total. The number of aromatic amines is 2. The zero-order chi connectivity index (χ0) is 37.7. The van der Waals surface area contributed by atoms with Gasteiger partial charge in [-0.3, -0.25) is 9.59 Å². The lowest BCUT2D eigenvalue weighted by molar-refractivity contribution is -0.135. The minimum absolute atomic E-state index is 0.0313. The minimum Gasteiger partial charge on any atom is -0.453 e. The Bertz CT molecular complexity index is 2080. The number of imidazole rings is 2. The normalized spacial score (nSPS) is 19.6. The summed E-state index contributed by atoms with van der Waals surface area (Å²) in [6.45, 7) is 9.49. The van der Waals surface area contributed by atoms with E-state index in [2.05, 4.69) is 59.5 Å². The van der Waals surface area contributed by atoms with Crippen LogP contribution in [0.5, 0.6) is 0 Å². The highest BCUT2D eigenvalue weighted by Crippen LogP contribution is 2.42. The van der Waals surface area contributed by atoms with E-state index in [1.165, 1.54) is 51.7 Å². The molecule has 4 aromatic rings. The Morgan fingerprint density at radius 2 is 1.56 bits per heavy atom. The summed E-state index contributed by atoms with van der Waals surface area (Å²) >= 11 is 0. The molecule has 2 aliphatic heterocycles. The maximum atomic E-state index is 13.7. The molecule has 11 nitrogen and oxygen atoms in total. The standard InChI is InChI=1S/C43H53N7O4/c1-24(2)21-37(51)49-19-7-12-36(49)41-45-33-18-14-27-22-26(13-15-29(27)39(33)47-41)28-16-17-32(31-10-6-9-30(28)31)34-23-44-40(46-34)35-11-8-20-50(35)42(52)38(25(3)4)48-43(53)54-5/h13,15-17,22-25,35-36,38H,6-12,14,18-21H2,1-5H3,(H,44,46)(H,45,47)(H,48,53)/t35?,36-,38?/m0/s1. The lowest BCUT2D eigenvalue weighted by Crippen LogP contribution is -2.51. The fraction of sp³-hybridized carbons (Fsp3) is 0.512. The lowest BCUT2D eigenvalue weighted by Gasteiger charge is -2.30. The van der Waals surface area contributed by atoms with Crippen LogP contribution in [0, 0.1) is 11.8 Å². The number of nitrogens with one attached hydrogen (secondary N) is 3. The second-order valence-corrected chi connectivity index (χ2v) is 16.4. The van der Waals surface area contributed by atoms with Crippen LogP contribution in [-0.2, 0) is 40.0 Å². The van der Waals surface area contributed by atoms with Gasteiger partial charge in [-0.15, -0.1) is 0 Å². The van der Waals surface area contributed by atoms with E-state index >= 15 is 0 Å². The van der Waals surface area contributed by atoms with E-state index < -0.39 is 12.1 Å². The maximum absolute atomic E-state index is 13.7. The third kappa shape index (κ3) is 6.60. The number of aromatic nitrogens is 4. The number of alkyl carbamates (subject to hydrolysis) is 1. The molecule has 2 aliphatic carbocycles. The highest BCUT2D eigenvalue weighted by molar-refractivity contribution is 5.86. The van der Waals surface area contributed by atoms with E-state index in [-0.39, 0.29) is 29.8 Å². The lowest BCUT2D eigenvalue weighted by atomic mass is 9.87. The number of carbonyl (C=O) groups is 3. The Morgan fingerprint density at radius 3 is 2.30 bits per heavy atom. The van der Waals surface area contributed by atoms with Crippen molar-refractivity contribution in [1.29, 1.82) is 0 Å². The quantitative estimate of drug-likeness (QED) is 0.163. The average molecular weight is 732 g/mol. The average Bonchev–Trinajstić information content (AvgIpc) is 4.01. The van der Waals surface area contributed by atoms with Crippen molar-refractivity contribution in [3.05, 3.63) is 70.6 Å². The van der Waals surface area contributed by atoms with Crippen LogP contribution in [0.2, 0.25) is 0 Å². The molecule has 284 valence electrons. The van der Waals surface area contributed by atoms with Crippen molar-refractivity contribution in [1.82, 2.24) is 35.1 Å². The van der Waals surface area contributed by atoms with Gasteiger partial charge in [-0.2, -0.15) is 0 Å². The van der Waals surface area contributed by atoms with Gasteiger partial charge in [0.2, 0.25) is 11.8 Å². The summed E-state index contributed by atoms with van der Waals surface area (Å²) in [5, 5.41) is 2.74. The highest BCUT2D eigenvalue weighted by atomic mass is 16.5. The number of hydrogen-bond donors (Lipinski definition) is 3. The van der Waals surface area contributed by atoms with Gasteiger partial charge in [-0.1, -0.05) is 58.0 Å². The number of hydrogen-bond acceptors (Lipinski definition) is 6. The van der Waals surface area contributed by atoms with Gasteiger partial charge in [-0.05, 0) is 97.4 Å². The molecule has 2 aromatic carbocycles. The number of likely N-dealkylation sites (tertiary alicyclic amines) is 2. The number of fused-ring (bicyclic) bond motifs is 4.